The van der Waals surface area contributed by atoms with Gasteiger partial charge in [0.1, 0.15) is 5.78 Å². The fourth-order valence-corrected chi connectivity index (χ4v) is 1.77. The number of aromatic amines is 1. The van der Waals surface area contributed by atoms with Crippen LogP contribution in [0.2, 0.25) is 0 Å². The number of hydrogen-bond acceptors (Lipinski definition) is 1. The van der Waals surface area contributed by atoms with E-state index in [0.29, 0.717) is 0 Å². The summed E-state index contributed by atoms with van der Waals surface area (Å²) in [5.74, 6) is 0.351. The van der Waals surface area contributed by atoms with Crippen molar-refractivity contribution in [3.05, 3.63) is 36.0 Å². The lowest BCUT2D eigenvalue weighted by Gasteiger charge is -2.05. The van der Waals surface area contributed by atoms with E-state index < -0.39 is 0 Å². The van der Waals surface area contributed by atoms with Crippen LogP contribution in [0.15, 0.2) is 30.5 Å². The number of ketones is 1. The van der Waals surface area contributed by atoms with Crippen LogP contribution in [0.4, 0.5) is 0 Å². The molecular weight excluding hydrogens is 198 g/mol. The second-order valence-corrected chi connectivity index (χ2v) is 4.08. The maximum atomic E-state index is 11.2. The highest BCUT2D eigenvalue weighted by Crippen LogP contribution is 2.20. The summed E-state index contributed by atoms with van der Waals surface area (Å²) in [4.78, 5) is 14.4. The summed E-state index contributed by atoms with van der Waals surface area (Å²) in [6.45, 7) is 3.63. The zero-order chi connectivity index (χ0) is 10.8. The van der Waals surface area contributed by atoms with Gasteiger partial charge in [-0.25, -0.2) is 0 Å². The summed E-state index contributed by atoms with van der Waals surface area (Å²) in [6.07, 6.45) is 2.82. The molecule has 2 nitrogen and oxygen atoms in total. The Balaban J connectivity index is 0.00000128. The van der Waals surface area contributed by atoms with Crippen molar-refractivity contribution < 1.29 is 4.79 Å². The van der Waals surface area contributed by atoms with Crippen molar-refractivity contribution in [2.24, 2.45) is 5.92 Å². The Morgan fingerprint density at radius 3 is 2.75 bits per heavy atom. The first-order valence-corrected chi connectivity index (χ1v) is 5.24. The van der Waals surface area contributed by atoms with E-state index in [0.717, 1.165) is 11.9 Å². The second kappa shape index (κ2) is 4.97. The molecule has 0 unspecified atom stereocenters. The van der Waals surface area contributed by atoms with Crippen molar-refractivity contribution >= 4 is 16.7 Å². The molecule has 0 aliphatic heterocycles. The Bertz CT molecular complexity index is 484. The molecule has 86 valence electrons. The van der Waals surface area contributed by atoms with Crippen LogP contribution in [-0.2, 0) is 11.2 Å². The molecule has 0 bridgehead atoms. The minimum absolute atomic E-state index is 0. The number of H-pyrrole nitrogens is 1. The summed E-state index contributed by atoms with van der Waals surface area (Å²) >= 11 is 0. The Morgan fingerprint density at radius 1 is 1.38 bits per heavy atom. The molecule has 1 heterocycles. The van der Waals surface area contributed by atoms with Gasteiger partial charge in [-0.1, -0.05) is 32.5 Å². The van der Waals surface area contributed by atoms with Crippen molar-refractivity contribution in [2.45, 2.75) is 27.7 Å². The molecule has 1 aromatic heterocycles. The van der Waals surface area contributed by atoms with Gasteiger partial charge in [0.15, 0.2) is 0 Å². The lowest BCUT2D eigenvalue weighted by Crippen LogP contribution is -2.08. The molecule has 1 N–H and O–H groups in total. The number of fused-ring (bicyclic) bond motifs is 1. The van der Waals surface area contributed by atoms with Crippen molar-refractivity contribution in [2.75, 3.05) is 0 Å². The average molecular weight is 217 g/mol. The van der Waals surface area contributed by atoms with Gasteiger partial charge >= 0.3 is 0 Å². The molecule has 0 saturated carbocycles. The molecule has 0 radical (unpaired) electrons. The molecule has 0 spiro atoms. The zero-order valence-corrected chi connectivity index (χ0v) is 9.08. The largest absolute Gasteiger partial charge is 0.361 e. The molecule has 16 heavy (non-hydrogen) atoms. The molecule has 0 aliphatic carbocycles. The molecule has 0 aliphatic rings. The van der Waals surface area contributed by atoms with E-state index in [-0.39, 0.29) is 19.1 Å². The van der Waals surface area contributed by atoms with Gasteiger partial charge in [0.2, 0.25) is 0 Å². The number of para-hydroxylation sites is 1. The van der Waals surface area contributed by atoms with Crippen LogP contribution >= 0.6 is 0 Å². The minimum Gasteiger partial charge on any atom is -0.361 e. The standard InChI is InChI=1S/C13H15NO.CH4/c1-9(10(2)15)7-11-8-14-13-6-4-3-5-12(11)13;/h3-6,8-9,14H,7H2,1-2H3;1H4/t9-;/m0./s1. The highest BCUT2D eigenvalue weighted by Gasteiger charge is 2.11. The Kier molecular flexibility index (Phi) is 3.88. The molecule has 0 fully saturated rings. The molecule has 0 amide bonds. The maximum absolute atomic E-state index is 11.2. The molecule has 2 heteroatoms. The number of hydrogen-bond donors (Lipinski definition) is 1. The van der Waals surface area contributed by atoms with E-state index in [9.17, 15) is 4.79 Å². The lowest BCUT2D eigenvalue weighted by molar-refractivity contribution is -0.120. The third-order valence-electron chi connectivity index (χ3n) is 2.90. The number of nitrogens with one attached hydrogen (secondary N) is 1. The summed E-state index contributed by atoms with van der Waals surface area (Å²) in [6, 6.07) is 8.18. The number of benzene rings is 1. The lowest BCUT2D eigenvalue weighted by atomic mass is 9.98. The van der Waals surface area contributed by atoms with Gasteiger partial charge < -0.3 is 4.98 Å². The topological polar surface area (TPSA) is 32.9 Å². The predicted octanol–water partition coefficient (Wildman–Crippen LogP) is 3.57. The first-order chi connectivity index (χ1) is 7.18. The molecule has 0 saturated heterocycles. The van der Waals surface area contributed by atoms with Crippen molar-refractivity contribution in [3.8, 4) is 0 Å². The molecule has 2 rings (SSSR count). The number of aromatic nitrogens is 1. The fourth-order valence-electron chi connectivity index (χ4n) is 1.77. The smallest absolute Gasteiger partial charge is 0.132 e. The van der Waals surface area contributed by atoms with Crippen molar-refractivity contribution in [1.82, 2.24) is 4.98 Å². The van der Waals surface area contributed by atoms with Gasteiger partial charge in [-0.15, -0.1) is 0 Å². The summed E-state index contributed by atoms with van der Waals surface area (Å²) in [7, 11) is 0. The van der Waals surface area contributed by atoms with E-state index in [1.165, 1.54) is 10.9 Å². The average Bonchev–Trinajstić information content (AvgIpc) is 2.62. The van der Waals surface area contributed by atoms with Gasteiger partial charge in [0.25, 0.3) is 0 Å². The van der Waals surface area contributed by atoms with Crippen LogP contribution < -0.4 is 0 Å². The van der Waals surface area contributed by atoms with Crippen LogP contribution in [-0.4, -0.2) is 10.8 Å². The van der Waals surface area contributed by atoms with Gasteiger partial charge in [-0.2, -0.15) is 0 Å². The third-order valence-corrected chi connectivity index (χ3v) is 2.90. The Hall–Kier alpha value is -1.57. The molecule has 2 aromatic rings. The monoisotopic (exact) mass is 217 g/mol. The van der Waals surface area contributed by atoms with E-state index in [4.69, 9.17) is 0 Å². The van der Waals surface area contributed by atoms with Crippen LogP contribution in [0.1, 0.15) is 26.8 Å². The SMILES string of the molecule is C.CC(=O)[C@@H](C)Cc1c[nH]c2ccccc12. The van der Waals surface area contributed by atoms with Gasteiger partial charge in [-0.3, -0.25) is 4.79 Å². The zero-order valence-electron chi connectivity index (χ0n) is 9.08. The summed E-state index contributed by atoms with van der Waals surface area (Å²) in [5, 5.41) is 1.23. The van der Waals surface area contributed by atoms with Crippen LogP contribution in [0.5, 0.6) is 0 Å². The van der Waals surface area contributed by atoms with Crippen molar-refractivity contribution in [1.29, 1.82) is 0 Å². The highest BCUT2D eigenvalue weighted by molar-refractivity contribution is 5.84. The Morgan fingerprint density at radius 2 is 2.06 bits per heavy atom. The van der Waals surface area contributed by atoms with Gasteiger partial charge in [0, 0.05) is 23.0 Å². The number of rotatable bonds is 3. The van der Waals surface area contributed by atoms with Crippen LogP contribution in [0.25, 0.3) is 10.9 Å². The third kappa shape index (κ3) is 2.32. The second-order valence-electron chi connectivity index (χ2n) is 4.08. The van der Waals surface area contributed by atoms with Crippen molar-refractivity contribution in [3.63, 3.8) is 0 Å². The number of carbonyl (C=O) groups is 1. The molecule has 1 aromatic carbocycles. The van der Waals surface area contributed by atoms with Gasteiger partial charge in [-0.05, 0) is 25.0 Å². The summed E-state index contributed by atoms with van der Waals surface area (Å²) < 4.78 is 0. The predicted molar refractivity (Wildman–Crippen MR) is 68.6 cm³/mol. The highest BCUT2D eigenvalue weighted by atomic mass is 16.1. The first-order valence-electron chi connectivity index (χ1n) is 5.24. The molecule has 1 atom stereocenters. The molecular formula is C14H19NO. The quantitative estimate of drug-likeness (QED) is 0.837. The van der Waals surface area contributed by atoms with E-state index in [1.807, 2.05) is 25.3 Å². The maximum Gasteiger partial charge on any atom is 0.132 e. The number of carbonyl (C=O) groups excluding carboxylic acids is 1. The van der Waals surface area contributed by atoms with E-state index in [1.54, 1.807) is 6.92 Å². The first kappa shape index (κ1) is 12.5. The van der Waals surface area contributed by atoms with E-state index >= 15 is 0 Å². The van der Waals surface area contributed by atoms with E-state index in [2.05, 4.69) is 17.1 Å². The number of Topliss-reactive ketones (excluding diaryl/α,β-unsaturated/α-hetero) is 1. The fraction of sp³-hybridized carbons (Fsp3) is 0.357. The minimum atomic E-state index is 0. The van der Waals surface area contributed by atoms with Crippen LogP contribution in [0.3, 0.4) is 0 Å². The van der Waals surface area contributed by atoms with Crippen LogP contribution in [0, 0.1) is 5.92 Å². The Labute approximate surface area is 96.7 Å². The normalized spacial score (nSPS) is 12.1. The summed E-state index contributed by atoms with van der Waals surface area (Å²) in [5.41, 5.74) is 2.37. The van der Waals surface area contributed by atoms with Gasteiger partial charge in [0.05, 0.1) is 0 Å².